The second-order valence-corrected chi connectivity index (χ2v) is 4.70. The van der Waals surface area contributed by atoms with Crippen molar-refractivity contribution in [3.8, 4) is 22.8 Å². The van der Waals surface area contributed by atoms with Crippen LogP contribution in [0.4, 0.5) is 0 Å². The van der Waals surface area contributed by atoms with Crippen LogP contribution in [0.25, 0.3) is 11.3 Å². The highest BCUT2D eigenvalue weighted by molar-refractivity contribution is 5.61. The first kappa shape index (κ1) is 13.2. The third kappa shape index (κ3) is 3.39. The van der Waals surface area contributed by atoms with Crippen molar-refractivity contribution in [3.05, 3.63) is 78.5 Å². The average molecular weight is 277 g/mol. The monoisotopic (exact) mass is 277 g/mol. The van der Waals surface area contributed by atoms with Gasteiger partial charge < -0.3 is 9.84 Å². The number of benzene rings is 2. The molecule has 0 aliphatic rings. The molecule has 0 saturated carbocycles. The summed E-state index contributed by atoms with van der Waals surface area (Å²) >= 11 is 0. The van der Waals surface area contributed by atoms with Gasteiger partial charge in [-0.15, -0.1) is 0 Å². The molecular weight excluding hydrogens is 262 g/mol. The predicted octanol–water partition coefficient (Wildman–Crippen LogP) is 4.03. The Morgan fingerprint density at radius 3 is 2.52 bits per heavy atom. The highest BCUT2D eigenvalue weighted by Gasteiger charge is 2.02. The molecular formula is C18H15NO2. The van der Waals surface area contributed by atoms with Gasteiger partial charge in [-0.05, 0) is 29.8 Å². The Hall–Kier alpha value is -2.81. The summed E-state index contributed by atoms with van der Waals surface area (Å²) < 4.78 is 5.80. The zero-order valence-corrected chi connectivity index (χ0v) is 11.4. The summed E-state index contributed by atoms with van der Waals surface area (Å²) in [6.45, 7) is 0.535. The summed E-state index contributed by atoms with van der Waals surface area (Å²) in [5.41, 5.74) is 2.89. The molecule has 0 saturated heterocycles. The minimum Gasteiger partial charge on any atom is -0.506 e. The molecule has 2 aromatic carbocycles. The van der Waals surface area contributed by atoms with E-state index in [9.17, 15) is 5.11 Å². The van der Waals surface area contributed by atoms with Crippen LogP contribution in [0.5, 0.6) is 11.5 Å². The lowest BCUT2D eigenvalue weighted by Crippen LogP contribution is -1.95. The van der Waals surface area contributed by atoms with E-state index in [1.54, 1.807) is 12.1 Å². The van der Waals surface area contributed by atoms with Crippen LogP contribution in [0.15, 0.2) is 72.9 Å². The summed E-state index contributed by atoms with van der Waals surface area (Å²) in [5, 5.41) is 9.28. The van der Waals surface area contributed by atoms with Gasteiger partial charge in [0.2, 0.25) is 0 Å². The van der Waals surface area contributed by atoms with Crippen LogP contribution in [-0.2, 0) is 6.61 Å². The fraction of sp³-hybridized carbons (Fsp3) is 0.0556. The van der Waals surface area contributed by atoms with Gasteiger partial charge in [-0.1, -0.05) is 42.5 Å². The number of nitrogens with zero attached hydrogens (tertiary/aromatic N) is 1. The van der Waals surface area contributed by atoms with Crippen LogP contribution in [0.1, 0.15) is 5.56 Å². The molecule has 0 fully saturated rings. The minimum atomic E-state index is 0.162. The van der Waals surface area contributed by atoms with E-state index in [1.807, 2.05) is 54.6 Å². The number of aromatic nitrogens is 1. The number of hydrogen-bond acceptors (Lipinski definition) is 3. The van der Waals surface area contributed by atoms with Crippen LogP contribution >= 0.6 is 0 Å². The first-order valence-corrected chi connectivity index (χ1v) is 6.73. The fourth-order valence-electron chi connectivity index (χ4n) is 2.04. The topological polar surface area (TPSA) is 42.4 Å². The highest BCUT2D eigenvalue weighted by Crippen LogP contribution is 2.23. The predicted molar refractivity (Wildman–Crippen MR) is 82.1 cm³/mol. The number of hydrogen-bond donors (Lipinski definition) is 1. The molecule has 1 heterocycles. The Bertz CT molecular complexity index is 709. The zero-order valence-electron chi connectivity index (χ0n) is 11.4. The minimum absolute atomic E-state index is 0.162. The lowest BCUT2D eigenvalue weighted by molar-refractivity contribution is 0.306. The molecule has 0 spiro atoms. The first-order valence-electron chi connectivity index (χ1n) is 6.73. The van der Waals surface area contributed by atoms with Gasteiger partial charge in [0.25, 0.3) is 0 Å². The fourth-order valence-corrected chi connectivity index (χ4v) is 2.04. The van der Waals surface area contributed by atoms with Gasteiger partial charge in [-0.3, -0.25) is 4.98 Å². The van der Waals surface area contributed by atoms with Crippen molar-refractivity contribution in [1.29, 1.82) is 0 Å². The molecule has 0 radical (unpaired) electrons. The van der Waals surface area contributed by atoms with Crippen LogP contribution in [0.3, 0.4) is 0 Å². The van der Waals surface area contributed by atoms with Crippen molar-refractivity contribution >= 4 is 0 Å². The molecule has 3 rings (SSSR count). The van der Waals surface area contributed by atoms with Gasteiger partial charge >= 0.3 is 0 Å². The zero-order chi connectivity index (χ0) is 14.5. The molecule has 0 amide bonds. The van der Waals surface area contributed by atoms with Gasteiger partial charge in [0, 0.05) is 5.56 Å². The summed E-state index contributed by atoms with van der Waals surface area (Å²) in [7, 11) is 0. The van der Waals surface area contributed by atoms with Crippen molar-refractivity contribution in [2.45, 2.75) is 6.61 Å². The summed E-state index contributed by atoms with van der Waals surface area (Å²) in [6, 6.07) is 21.2. The Kier molecular flexibility index (Phi) is 3.83. The van der Waals surface area contributed by atoms with Gasteiger partial charge in [-0.2, -0.15) is 0 Å². The molecule has 0 bridgehead atoms. The van der Waals surface area contributed by atoms with E-state index in [2.05, 4.69) is 4.98 Å². The molecule has 0 aliphatic carbocycles. The molecule has 21 heavy (non-hydrogen) atoms. The quantitative estimate of drug-likeness (QED) is 0.782. The molecule has 3 heteroatoms. The Labute approximate surface area is 123 Å². The van der Waals surface area contributed by atoms with Crippen LogP contribution in [-0.4, -0.2) is 10.1 Å². The molecule has 1 N–H and O–H groups in total. The first-order chi connectivity index (χ1) is 10.3. The standard InChI is InChI=1S/C18H15NO2/c20-16-9-10-18(19-12-16)15-7-4-8-17(11-15)21-13-14-5-2-1-3-6-14/h1-12,20H,13H2. The van der Waals surface area contributed by atoms with Gasteiger partial charge in [0.15, 0.2) is 0 Å². The molecule has 104 valence electrons. The summed E-state index contributed by atoms with van der Waals surface area (Å²) in [5.74, 6) is 0.960. The number of aromatic hydroxyl groups is 1. The normalized spacial score (nSPS) is 10.3. The van der Waals surface area contributed by atoms with Gasteiger partial charge in [-0.25, -0.2) is 0 Å². The third-order valence-corrected chi connectivity index (χ3v) is 3.13. The average Bonchev–Trinajstić information content (AvgIpc) is 2.55. The van der Waals surface area contributed by atoms with E-state index in [1.165, 1.54) is 6.20 Å². The maximum Gasteiger partial charge on any atom is 0.133 e. The molecule has 3 aromatic rings. The molecule has 0 unspecified atom stereocenters. The van der Waals surface area contributed by atoms with Gasteiger partial charge in [0.1, 0.15) is 18.1 Å². The van der Waals surface area contributed by atoms with E-state index < -0.39 is 0 Å². The second kappa shape index (κ2) is 6.09. The lowest BCUT2D eigenvalue weighted by atomic mass is 10.1. The Morgan fingerprint density at radius 1 is 0.905 bits per heavy atom. The highest BCUT2D eigenvalue weighted by atomic mass is 16.5. The summed E-state index contributed by atoms with van der Waals surface area (Å²) in [6.07, 6.45) is 1.44. The van der Waals surface area contributed by atoms with Crippen molar-refractivity contribution in [2.75, 3.05) is 0 Å². The molecule has 0 atom stereocenters. The number of pyridine rings is 1. The third-order valence-electron chi connectivity index (χ3n) is 3.13. The van der Waals surface area contributed by atoms with E-state index in [-0.39, 0.29) is 5.75 Å². The lowest BCUT2D eigenvalue weighted by Gasteiger charge is -2.08. The Balaban J connectivity index is 1.75. The molecule has 3 nitrogen and oxygen atoms in total. The number of rotatable bonds is 4. The van der Waals surface area contributed by atoms with Crippen molar-refractivity contribution < 1.29 is 9.84 Å². The van der Waals surface area contributed by atoms with Crippen LogP contribution < -0.4 is 4.74 Å². The van der Waals surface area contributed by atoms with Crippen molar-refractivity contribution in [2.24, 2.45) is 0 Å². The molecule has 0 aliphatic heterocycles. The molecule has 1 aromatic heterocycles. The maximum atomic E-state index is 9.28. The van der Waals surface area contributed by atoms with E-state index in [0.717, 1.165) is 22.6 Å². The van der Waals surface area contributed by atoms with Crippen LogP contribution in [0.2, 0.25) is 0 Å². The van der Waals surface area contributed by atoms with Crippen molar-refractivity contribution in [1.82, 2.24) is 4.98 Å². The van der Waals surface area contributed by atoms with Gasteiger partial charge in [0.05, 0.1) is 11.9 Å². The largest absolute Gasteiger partial charge is 0.506 e. The van der Waals surface area contributed by atoms with E-state index in [0.29, 0.717) is 6.61 Å². The smallest absolute Gasteiger partial charge is 0.133 e. The Morgan fingerprint density at radius 2 is 1.76 bits per heavy atom. The van der Waals surface area contributed by atoms with E-state index in [4.69, 9.17) is 4.74 Å². The maximum absolute atomic E-state index is 9.28. The van der Waals surface area contributed by atoms with E-state index >= 15 is 0 Å². The second-order valence-electron chi connectivity index (χ2n) is 4.70. The summed E-state index contributed by atoms with van der Waals surface area (Å²) in [4.78, 5) is 4.20. The number of ether oxygens (including phenoxy) is 1. The van der Waals surface area contributed by atoms with Crippen molar-refractivity contribution in [3.63, 3.8) is 0 Å². The SMILES string of the molecule is Oc1ccc(-c2cccc(OCc3ccccc3)c2)nc1. The van der Waals surface area contributed by atoms with Crippen LogP contribution in [0, 0.1) is 0 Å².